The molecule has 0 unspecified atom stereocenters. The number of hydrogen-bond acceptors (Lipinski definition) is 6. The van der Waals surface area contributed by atoms with E-state index < -0.39 is 16.5 Å². The van der Waals surface area contributed by atoms with Crippen LogP contribution in [-0.4, -0.2) is 42.9 Å². The van der Waals surface area contributed by atoms with Crippen LogP contribution in [0.15, 0.2) is 33.5 Å². The molecule has 0 fully saturated rings. The monoisotopic (exact) mass is 305 g/mol. The standard InChI is InChI=1S/C14H15N3O5/c1-16(2)6-5-15-13(18)11-8-9-7-10(17(20)21)3-4-12(9)22-14(11)19/h3-4,7-8H,5-6H2,1-2H3,(H,15,18). The number of benzene rings is 1. The lowest BCUT2D eigenvalue weighted by atomic mass is 10.1. The first-order valence-corrected chi connectivity index (χ1v) is 6.53. The summed E-state index contributed by atoms with van der Waals surface area (Å²) >= 11 is 0. The minimum Gasteiger partial charge on any atom is -0.422 e. The molecule has 0 saturated heterocycles. The summed E-state index contributed by atoms with van der Waals surface area (Å²) in [7, 11) is 3.71. The summed E-state index contributed by atoms with van der Waals surface area (Å²) in [6.45, 7) is 0.994. The molecule has 0 aliphatic rings. The second-order valence-corrected chi connectivity index (χ2v) is 4.99. The van der Waals surface area contributed by atoms with E-state index >= 15 is 0 Å². The molecule has 1 aromatic heterocycles. The average molecular weight is 305 g/mol. The smallest absolute Gasteiger partial charge is 0.349 e. The molecule has 2 aromatic rings. The molecule has 1 aromatic carbocycles. The number of nitrogens with one attached hydrogen (secondary N) is 1. The summed E-state index contributed by atoms with van der Waals surface area (Å²) in [6, 6.07) is 5.14. The minimum atomic E-state index is -0.774. The molecule has 2 rings (SSSR count). The van der Waals surface area contributed by atoms with E-state index in [9.17, 15) is 19.7 Å². The van der Waals surface area contributed by atoms with Gasteiger partial charge in [-0.15, -0.1) is 0 Å². The van der Waals surface area contributed by atoms with Crippen LogP contribution >= 0.6 is 0 Å². The Hall–Kier alpha value is -2.74. The van der Waals surface area contributed by atoms with Crippen molar-refractivity contribution in [3.8, 4) is 0 Å². The SMILES string of the molecule is CN(C)CCNC(=O)c1cc2cc([N+](=O)[O-])ccc2oc1=O. The fourth-order valence-electron chi connectivity index (χ4n) is 1.87. The number of non-ortho nitro benzene ring substituents is 1. The summed E-state index contributed by atoms with van der Waals surface area (Å²) < 4.78 is 5.03. The number of carbonyl (C=O) groups is 1. The predicted molar refractivity (Wildman–Crippen MR) is 80.0 cm³/mol. The van der Waals surface area contributed by atoms with Gasteiger partial charge in [0.25, 0.3) is 11.6 Å². The molecular weight excluding hydrogens is 290 g/mol. The van der Waals surface area contributed by atoms with Crippen LogP contribution in [0.2, 0.25) is 0 Å². The van der Waals surface area contributed by atoms with E-state index in [2.05, 4.69) is 5.32 Å². The molecule has 1 heterocycles. The largest absolute Gasteiger partial charge is 0.422 e. The van der Waals surface area contributed by atoms with Gasteiger partial charge in [0.15, 0.2) is 0 Å². The van der Waals surface area contributed by atoms with Crippen molar-refractivity contribution in [2.24, 2.45) is 0 Å². The van der Waals surface area contributed by atoms with Crippen LogP contribution < -0.4 is 10.9 Å². The molecule has 0 radical (unpaired) electrons. The Morgan fingerprint density at radius 3 is 2.73 bits per heavy atom. The lowest BCUT2D eigenvalue weighted by molar-refractivity contribution is -0.384. The fourth-order valence-corrected chi connectivity index (χ4v) is 1.87. The Bertz CT molecular complexity index is 782. The molecule has 1 amide bonds. The van der Waals surface area contributed by atoms with E-state index in [-0.39, 0.29) is 16.8 Å². The lowest BCUT2D eigenvalue weighted by Crippen LogP contribution is -2.33. The Morgan fingerprint density at radius 2 is 2.09 bits per heavy atom. The molecule has 0 bridgehead atoms. The molecule has 0 atom stereocenters. The van der Waals surface area contributed by atoms with Gasteiger partial charge in [0.2, 0.25) is 0 Å². The summed E-state index contributed by atoms with van der Waals surface area (Å²) in [5.74, 6) is -0.566. The molecule has 0 saturated carbocycles. The maximum absolute atomic E-state index is 12.0. The fraction of sp³-hybridized carbons (Fsp3) is 0.286. The van der Waals surface area contributed by atoms with E-state index in [0.29, 0.717) is 18.5 Å². The van der Waals surface area contributed by atoms with Crippen LogP contribution in [0.25, 0.3) is 11.0 Å². The zero-order chi connectivity index (χ0) is 16.3. The lowest BCUT2D eigenvalue weighted by Gasteiger charge is -2.10. The Kier molecular flexibility index (Phi) is 4.52. The third-order valence-corrected chi connectivity index (χ3v) is 3.02. The Balaban J connectivity index is 2.33. The Labute approximate surface area is 125 Å². The van der Waals surface area contributed by atoms with Crippen molar-refractivity contribution in [3.05, 3.63) is 50.4 Å². The number of nitro groups is 1. The summed E-state index contributed by atoms with van der Waals surface area (Å²) in [6.07, 6.45) is 0. The van der Waals surface area contributed by atoms with Crippen LogP contribution in [0.3, 0.4) is 0 Å². The number of hydrogen-bond donors (Lipinski definition) is 1. The van der Waals surface area contributed by atoms with Gasteiger partial charge in [0.1, 0.15) is 11.1 Å². The first-order valence-electron chi connectivity index (χ1n) is 6.53. The quantitative estimate of drug-likeness (QED) is 0.501. The van der Waals surface area contributed by atoms with Crippen LogP contribution in [0, 0.1) is 10.1 Å². The number of rotatable bonds is 5. The summed E-state index contributed by atoms with van der Waals surface area (Å²) in [4.78, 5) is 35.9. The van der Waals surface area contributed by atoms with Crippen molar-refractivity contribution >= 4 is 22.6 Å². The van der Waals surface area contributed by atoms with Crippen molar-refractivity contribution in [3.63, 3.8) is 0 Å². The van der Waals surface area contributed by atoms with Gasteiger partial charge < -0.3 is 14.6 Å². The van der Waals surface area contributed by atoms with Crippen LogP contribution in [0.5, 0.6) is 0 Å². The average Bonchev–Trinajstić information content (AvgIpc) is 2.45. The number of carbonyl (C=O) groups excluding carboxylic acids is 1. The number of amides is 1. The van der Waals surface area contributed by atoms with Gasteiger partial charge >= 0.3 is 5.63 Å². The third kappa shape index (κ3) is 3.47. The zero-order valence-corrected chi connectivity index (χ0v) is 12.2. The molecule has 0 aliphatic heterocycles. The number of nitrogens with zero attached hydrogens (tertiary/aromatic N) is 2. The topological polar surface area (TPSA) is 106 Å². The van der Waals surface area contributed by atoms with Crippen LogP contribution in [-0.2, 0) is 0 Å². The van der Waals surface area contributed by atoms with Crippen LogP contribution in [0.1, 0.15) is 10.4 Å². The molecular formula is C14H15N3O5. The predicted octanol–water partition coefficient (Wildman–Crippen LogP) is 0.993. The van der Waals surface area contributed by atoms with E-state index in [4.69, 9.17) is 4.42 Å². The highest BCUT2D eigenvalue weighted by atomic mass is 16.6. The van der Waals surface area contributed by atoms with Gasteiger partial charge in [0.05, 0.1) is 4.92 Å². The van der Waals surface area contributed by atoms with Gasteiger partial charge in [-0.1, -0.05) is 0 Å². The van der Waals surface area contributed by atoms with E-state index in [1.165, 1.54) is 24.3 Å². The molecule has 8 heteroatoms. The maximum atomic E-state index is 12.0. The number of fused-ring (bicyclic) bond motifs is 1. The highest BCUT2D eigenvalue weighted by Crippen LogP contribution is 2.20. The second kappa shape index (κ2) is 6.35. The first-order chi connectivity index (χ1) is 10.4. The summed E-state index contributed by atoms with van der Waals surface area (Å²) in [5.41, 5.74) is -0.892. The molecule has 8 nitrogen and oxygen atoms in total. The highest BCUT2D eigenvalue weighted by molar-refractivity contribution is 5.96. The molecule has 1 N–H and O–H groups in total. The van der Waals surface area contributed by atoms with Gasteiger partial charge in [-0.25, -0.2) is 4.79 Å². The Morgan fingerprint density at radius 1 is 1.36 bits per heavy atom. The molecule has 116 valence electrons. The molecule has 0 spiro atoms. The third-order valence-electron chi connectivity index (χ3n) is 3.02. The van der Waals surface area contributed by atoms with Gasteiger partial charge in [-0.3, -0.25) is 14.9 Å². The van der Waals surface area contributed by atoms with Crippen molar-refractivity contribution in [1.29, 1.82) is 0 Å². The van der Waals surface area contributed by atoms with Crippen molar-refractivity contribution < 1.29 is 14.1 Å². The van der Waals surface area contributed by atoms with E-state index in [0.717, 1.165) is 0 Å². The van der Waals surface area contributed by atoms with Gasteiger partial charge in [-0.2, -0.15) is 0 Å². The first kappa shape index (κ1) is 15.6. The van der Waals surface area contributed by atoms with Crippen molar-refractivity contribution in [2.45, 2.75) is 0 Å². The van der Waals surface area contributed by atoms with Gasteiger partial charge in [-0.05, 0) is 26.2 Å². The second-order valence-electron chi connectivity index (χ2n) is 4.99. The molecule has 22 heavy (non-hydrogen) atoms. The van der Waals surface area contributed by atoms with Crippen LogP contribution in [0.4, 0.5) is 5.69 Å². The maximum Gasteiger partial charge on any atom is 0.349 e. The summed E-state index contributed by atoms with van der Waals surface area (Å²) in [5, 5.41) is 13.7. The van der Waals surface area contributed by atoms with Crippen molar-refractivity contribution in [2.75, 3.05) is 27.2 Å². The minimum absolute atomic E-state index is 0.139. The van der Waals surface area contributed by atoms with E-state index in [1.54, 1.807) is 0 Å². The highest BCUT2D eigenvalue weighted by Gasteiger charge is 2.15. The molecule has 0 aliphatic carbocycles. The van der Waals surface area contributed by atoms with Crippen molar-refractivity contribution in [1.82, 2.24) is 10.2 Å². The van der Waals surface area contributed by atoms with E-state index in [1.807, 2.05) is 19.0 Å². The zero-order valence-electron chi connectivity index (χ0n) is 12.2. The number of nitro benzene ring substituents is 1. The number of likely N-dealkylation sites (N-methyl/N-ethyl adjacent to an activating group) is 1. The normalized spacial score (nSPS) is 10.9. The van der Waals surface area contributed by atoms with Gasteiger partial charge in [0, 0.05) is 30.6 Å².